The fourth-order valence-electron chi connectivity index (χ4n) is 3.04. The monoisotopic (exact) mass is 351 g/mol. The molecule has 2 aromatic rings. The van der Waals surface area contributed by atoms with Gasteiger partial charge in [-0.25, -0.2) is 0 Å². The van der Waals surface area contributed by atoms with Crippen molar-refractivity contribution in [2.24, 2.45) is 0 Å². The average molecular weight is 351 g/mol. The van der Waals surface area contributed by atoms with E-state index in [2.05, 4.69) is 0 Å². The fourth-order valence-corrected chi connectivity index (χ4v) is 3.04. The Morgan fingerprint density at radius 2 is 1.31 bits per heavy atom. The van der Waals surface area contributed by atoms with Crippen molar-refractivity contribution in [2.45, 2.75) is 6.92 Å². The number of hydrogen-bond donors (Lipinski definition) is 0. The lowest BCUT2D eigenvalue weighted by atomic mass is 10.0. The van der Waals surface area contributed by atoms with Gasteiger partial charge in [-0.1, -0.05) is 24.3 Å². The summed E-state index contributed by atoms with van der Waals surface area (Å²) < 4.78 is 0. The van der Waals surface area contributed by atoms with E-state index >= 15 is 0 Å². The molecule has 0 bridgehead atoms. The molecule has 26 heavy (non-hydrogen) atoms. The highest BCUT2D eigenvalue weighted by atomic mass is 16.2. The van der Waals surface area contributed by atoms with Crippen molar-refractivity contribution >= 4 is 29.1 Å². The molecule has 0 fully saturated rings. The predicted octanol–water partition coefficient (Wildman–Crippen LogP) is 2.40. The van der Waals surface area contributed by atoms with Crippen LogP contribution in [0.3, 0.4) is 0 Å². The molecule has 0 aromatic heterocycles. The Labute approximate surface area is 152 Å². The van der Waals surface area contributed by atoms with Gasteiger partial charge in [0.05, 0.1) is 22.5 Å². The minimum Gasteiger partial charge on any atom is -0.347 e. The van der Waals surface area contributed by atoms with Crippen molar-refractivity contribution in [3.05, 3.63) is 59.7 Å². The quantitative estimate of drug-likeness (QED) is 0.853. The third kappa shape index (κ3) is 2.94. The predicted molar refractivity (Wildman–Crippen MR) is 101 cm³/mol. The van der Waals surface area contributed by atoms with Crippen LogP contribution in [-0.2, 0) is 4.79 Å². The van der Waals surface area contributed by atoms with Crippen LogP contribution in [0.4, 0.5) is 11.4 Å². The zero-order chi connectivity index (χ0) is 18.8. The van der Waals surface area contributed by atoms with Gasteiger partial charge in [0.2, 0.25) is 5.91 Å². The van der Waals surface area contributed by atoms with Gasteiger partial charge in [-0.2, -0.15) is 0 Å². The van der Waals surface area contributed by atoms with Crippen molar-refractivity contribution in [2.75, 3.05) is 37.0 Å². The first-order chi connectivity index (χ1) is 12.5. The first-order valence-corrected chi connectivity index (χ1v) is 8.47. The van der Waals surface area contributed by atoms with Crippen LogP contribution in [0.15, 0.2) is 48.5 Å². The van der Waals surface area contributed by atoms with E-state index in [-0.39, 0.29) is 24.3 Å². The second-order valence-corrected chi connectivity index (χ2v) is 6.26. The van der Waals surface area contributed by atoms with Crippen LogP contribution in [-0.4, -0.2) is 49.8 Å². The maximum absolute atomic E-state index is 13.3. The zero-order valence-electron chi connectivity index (χ0n) is 15.1. The standard InChI is InChI=1S/C20H21N3O3/c1-4-22-16-11-7-5-9-14(16)20(26)23(13-18(24)21(2)3)17-12-8-6-10-15(17)19(22)25/h5-12H,4,13H2,1-3H3. The molecular weight excluding hydrogens is 330 g/mol. The number of fused-ring (bicyclic) bond motifs is 2. The minimum absolute atomic E-state index is 0.128. The van der Waals surface area contributed by atoms with Gasteiger partial charge < -0.3 is 9.80 Å². The number of benzene rings is 2. The molecule has 1 heterocycles. The van der Waals surface area contributed by atoms with Crippen LogP contribution in [0.2, 0.25) is 0 Å². The number of nitrogens with zero attached hydrogens (tertiary/aromatic N) is 3. The summed E-state index contributed by atoms with van der Waals surface area (Å²) in [6.07, 6.45) is 0. The molecule has 0 aliphatic carbocycles. The Bertz CT molecular complexity index is 876. The first-order valence-electron chi connectivity index (χ1n) is 8.47. The molecule has 0 saturated carbocycles. The smallest absolute Gasteiger partial charge is 0.260 e. The summed E-state index contributed by atoms with van der Waals surface area (Å²) in [5.74, 6) is -0.703. The largest absolute Gasteiger partial charge is 0.347 e. The normalized spacial score (nSPS) is 13.7. The molecule has 0 atom stereocenters. The van der Waals surface area contributed by atoms with E-state index in [4.69, 9.17) is 0 Å². The van der Waals surface area contributed by atoms with Crippen molar-refractivity contribution in [3.8, 4) is 0 Å². The van der Waals surface area contributed by atoms with Crippen molar-refractivity contribution in [1.82, 2.24) is 4.90 Å². The average Bonchev–Trinajstić information content (AvgIpc) is 2.65. The van der Waals surface area contributed by atoms with Crippen LogP contribution in [0.1, 0.15) is 27.6 Å². The zero-order valence-corrected chi connectivity index (χ0v) is 15.1. The summed E-state index contributed by atoms with van der Waals surface area (Å²) in [7, 11) is 3.28. The molecule has 2 aromatic carbocycles. The Morgan fingerprint density at radius 1 is 0.846 bits per heavy atom. The summed E-state index contributed by atoms with van der Waals surface area (Å²) in [6.45, 7) is 2.18. The van der Waals surface area contributed by atoms with Gasteiger partial charge in [0.25, 0.3) is 11.8 Å². The molecule has 0 saturated heterocycles. The Kier molecular flexibility index (Phi) is 4.75. The highest BCUT2D eigenvalue weighted by Crippen LogP contribution is 2.32. The summed E-state index contributed by atoms with van der Waals surface area (Å²) in [6, 6.07) is 13.9. The fraction of sp³-hybridized carbons (Fsp3) is 0.250. The van der Waals surface area contributed by atoms with E-state index in [0.717, 1.165) is 0 Å². The number of rotatable bonds is 3. The second kappa shape index (κ2) is 7.00. The van der Waals surface area contributed by atoms with Crippen LogP contribution < -0.4 is 9.80 Å². The van der Waals surface area contributed by atoms with Gasteiger partial charge in [0, 0.05) is 20.6 Å². The van der Waals surface area contributed by atoms with Gasteiger partial charge in [0.15, 0.2) is 0 Å². The van der Waals surface area contributed by atoms with Crippen LogP contribution in [0, 0.1) is 0 Å². The van der Waals surface area contributed by atoms with Crippen LogP contribution >= 0.6 is 0 Å². The highest BCUT2D eigenvalue weighted by Gasteiger charge is 2.32. The Hall–Kier alpha value is -3.15. The molecular formula is C20H21N3O3. The van der Waals surface area contributed by atoms with Crippen molar-refractivity contribution in [1.29, 1.82) is 0 Å². The molecule has 3 rings (SSSR count). The SMILES string of the molecule is CCN1C(=O)c2ccccc2N(CC(=O)N(C)C)C(=O)c2ccccc21. The lowest BCUT2D eigenvalue weighted by Gasteiger charge is -2.32. The van der Waals surface area contributed by atoms with Crippen molar-refractivity contribution in [3.63, 3.8) is 0 Å². The van der Waals surface area contributed by atoms with E-state index < -0.39 is 0 Å². The third-order valence-corrected chi connectivity index (χ3v) is 4.45. The van der Waals surface area contributed by atoms with E-state index in [9.17, 15) is 14.4 Å². The Balaban J connectivity index is 2.22. The number of para-hydroxylation sites is 2. The molecule has 0 radical (unpaired) electrons. The minimum atomic E-state index is -0.297. The maximum atomic E-state index is 13.3. The topological polar surface area (TPSA) is 60.9 Å². The Morgan fingerprint density at radius 3 is 1.81 bits per heavy atom. The molecule has 134 valence electrons. The van der Waals surface area contributed by atoms with E-state index in [1.807, 2.05) is 6.92 Å². The van der Waals surface area contributed by atoms with Gasteiger partial charge in [-0.05, 0) is 31.2 Å². The number of likely N-dealkylation sites (N-methyl/N-ethyl adjacent to an activating group) is 1. The molecule has 0 unspecified atom stereocenters. The maximum Gasteiger partial charge on any atom is 0.260 e. The van der Waals surface area contributed by atoms with Crippen LogP contribution in [0.25, 0.3) is 0 Å². The van der Waals surface area contributed by atoms with Gasteiger partial charge >= 0.3 is 0 Å². The van der Waals surface area contributed by atoms with Gasteiger partial charge in [-0.15, -0.1) is 0 Å². The summed E-state index contributed by atoms with van der Waals surface area (Å²) in [5.41, 5.74) is 1.82. The van der Waals surface area contributed by atoms with Gasteiger partial charge in [0.1, 0.15) is 6.54 Å². The van der Waals surface area contributed by atoms with Gasteiger partial charge in [-0.3, -0.25) is 19.3 Å². The van der Waals surface area contributed by atoms with E-state index in [0.29, 0.717) is 29.0 Å². The summed E-state index contributed by atoms with van der Waals surface area (Å²) in [5, 5.41) is 0. The number of amides is 3. The molecule has 0 spiro atoms. The summed E-state index contributed by atoms with van der Waals surface area (Å²) >= 11 is 0. The lowest BCUT2D eigenvalue weighted by Crippen LogP contribution is -2.44. The van der Waals surface area contributed by atoms with Crippen molar-refractivity contribution < 1.29 is 14.4 Å². The number of anilines is 2. The third-order valence-electron chi connectivity index (χ3n) is 4.45. The molecule has 0 N–H and O–H groups in total. The number of carbonyl (C=O) groups is 3. The lowest BCUT2D eigenvalue weighted by molar-refractivity contribution is -0.127. The van der Waals surface area contributed by atoms with E-state index in [1.54, 1.807) is 67.5 Å². The second-order valence-electron chi connectivity index (χ2n) is 6.26. The molecule has 3 amide bonds. The van der Waals surface area contributed by atoms with E-state index in [1.165, 1.54) is 9.80 Å². The molecule has 1 aliphatic heterocycles. The highest BCUT2D eigenvalue weighted by molar-refractivity contribution is 6.21. The first kappa shape index (κ1) is 17.7. The number of hydrogen-bond acceptors (Lipinski definition) is 3. The van der Waals surface area contributed by atoms with Crippen LogP contribution in [0.5, 0.6) is 0 Å². The molecule has 6 heteroatoms. The summed E-state index contributed by atoms with van der Waals surface area (Å²) in [4.78, 5) is 43.2. The molecule has 1 aliphatic rings. The number of carbonyl (C=O) groups excluding carboxylic acids is 3. The molecule has 6 nitrogen and oxygen atoms in total.